The summed E-state index contributed by atoms with van der Waals surface area (Å²) in [5.41, 5.74) is 0.394. The highest BCUT2D eigenvalue weighted by Gasteiger charge is 2.40. The molecule has 1 saturated heterocycles. The van der Waals surface area contributed by atoms with Crippen LogP contribution in [0.4, 0.5) is 0 Å². The molecule has 1 aromatic heterocycles. The Morgan fingerprint density at radius 2 is 1.78 bits per heavy atom. The molecule has 0 saturated carbocycles. The van der Waals surface area contributed by atoms with Gasteiger partial charge in [0, 0.05) is 18.0 Å². The van der Waals surface area contributed by atoms with Gasteiger partial charge in [-0.05, 0) is 37.5 Å². The monoisotopic (exact) mass is 346 g/mol. The molecule has 2 heterocycles. The van der Waals surface area contributed by atoms with E-state index >= 15 is 0 Å². The molecule has 2 aromatic rings. The summed E-state index contributed by atoms with van der Waals surface area (Å²) < 4.78 is 27.3. The summed E-state index contributed by atoms with van der Waals surface area (Å²) in [4.78, 5) is 0.983. The average Bonchev–Trinajstić information content (AvgIpc) is 3.03. The number of nitrogens with zero attached hydrogens (tertiary/aromatic N) is 2. The van der Waals surface area contributed by atoms with E-state index in [1.54, 1.807) is 6.07 Å². The van der Waals surface area contributed by atoms with E-state index in [-0.39, 0.29) is 0 Å². The SMILES string of the molecule is Cc1ccc(S(=O)(=O)N2CCC(C#N)(c3ccccc3)CC2)s1. The van der Waals surface area contributed by atoms with Gasteiger partial charge >= 0.3 is 0 Å². The third-order valence-electron chi connectivity index (χ3n) is 4.43. The van der Waals surface area contributed by atoms with Gasteiger partial charge in [0.05, 0.1) is 11.5 Å². The molecule has 0 aliphatic carbocycles. The van der Waals surface area contributed by atoms with Crippen LogP contribution in [0.5, 0.6) is 0 Å². The van der Waals surface area contributed by atoms with Gasteiger partial charge < -0.3 is 0 Å². The molecular weight excluding hydrogens is 328 g/mol. The molecular formula is C17H18N2O2S2. The predicted octanol–water partition coefficient (Wildman–Crippen LogP) is 3.30. The third kappa shape index (κ3) is 2.92. The van der Waals surface area contributed by atoms with Crippen molar-refractivity contribution in [1.82, 2.24) is 4.31 Å². The Hall–Kier alpha value is -1.68. The summed E-state index contributed by atoms with van der Waals surface area (Å²) >= 11 is 1.30. The minimum Gasteiger partial charge on any atom is -0.206 e. The normalized spacial score (nSPS) is 18.4. The molecule has 0 bridgehead atoms. The predicted molar refractivity (Wildman–Crippen MR) is 90.8 cm³/mol. The Morgan fingerprint density at radius 1 is 1.13 bits per heavy atom. The molecule has 1 aliphatic rings. The number of rotatable bonds is 3. The standard InChI is InChI=1S/C17H18N2O2S2/c1-14-7-8-16(22-14)23(20,21)19-11-9-17(13-18,10-12-19)15-5-3-2-4-6-15/h2-8H,9-12H2,1H3. The highest BCUT2D eigenvalue weighted by molar-refractivity contribution is 7.91. The maximum atomic E-state index is 12.7. The minimum absolute atomic E-state index is 0.377. The molecule has 1 fully saturated rings. The Morgan fingerprint density at radius 3 is 2.30 bits per heavy atom. The molecule has 0 N–H and O–H groups in total. The largest absolute Gasteiger partial charge is 0.252 e. The zero-order valence-electron chi connectivity index (χ0n) is 12.9. The van der Waals surface area contributed by atoms with Crippen molar-refractivity contribution >= 4 is 21.4 Å². The van der Waals surface area contributed by atoms with Crippen molar-refractivity contribution in [2.24, 2.45) is 0 Å². The van der Waals surface area contributed by atoms with Crippen LogP contribution in [0.3, 0.4) is 0 Å². The zero-order chi connectivity index (χ0) is 16.5. The van der Waals surface area contributed by atoms with Gasteiger partial charge in [-0.2, -0.15) is 9.57 Å². The Bertz CT molecular complexity index is 827. The molecule has 120 valence electrons. The molecule has 0 unspecified atom stereocenters. The fraction of sp³-hybridized carbons (Fsp3) is 0.353. The number of hydrogen-bond acceptors (Lipinski definition) is 4. The molecule has 23 heavy (non-hydrogen) atoms. The lowest BCUT2D eigenvalue weighted by atomic mass is 9.74. The van der Waals surface area contributed by atoms with Crippen LogP contribution in [-0.4, -0.2) is 25.8 Å². The van der Waals surface area contributed by atoms with Crippen LogP contribution in [0.25, 0.3) is 0 Å². The summed E-state index contributed by atoms with van der Waals surface area (Å²) in [6.07, 6.45) is 1.05. The van der Waals surface area contributed by atoms with Gasteiger partial charge in [-0.3, -0.25) is 0 Å². The van der Waals surface area contributed by atoms with Crippen LogP contribution in [0.15, 0.2) is 46.7 Å². The third-order valence-corrected chi connectivity index (χ3v) is 7.79. The quantitative estimate of drug-likeness (QED) is 0.857. The molecule has 6 heteroatoms. The van der Waals surface area contributed by atoms with Gasteiger partial charge in [0.15, 0.2) is 0 Å². The molecule has 3 rings (SSSR count). The van der Waals surface area contributed by atoms with Crippen LogP contribution in [-0.2, 0) is 15.4 Å². The van der Waals surface area contributed by atoms with Crippen molar-refractivity contribution in [2.75, 3.05) is 13.1 Å². The van der Waals surface area contributed by atoms with E-state index in [4.69, 9.17) is 0 Å². The number of benzene rings is 1. The maximum absolute atomic E-state index is 12.7. The van der Waals surface area contributed by atoms with E-state index in [1.165, 1.54) is 15.6 Å². The Kier molecular flexibility index (Phi) is 4.28. The Labute approximate surface area is 141 Å². The number of thiophene rings is 1. The molecule has 4 nitrogen and oxygen atoms in total. The van der Waals surface area contributed by atoms with E-state index in [0.29, 0.717) is 30.1 Å². The second-order valence-electron chi connectivity index (χ2n) is 5.83. The van der Waals surface area contributed by atoms with Gasteiger partial charge in [0.2, 0.25) is 0 Å². The van der Waals surface area contributed by atoms with E-state index in [1.807, 2.05) is 43.3 Å². The number of hydrogen-bond donors (Lipinski definition) is 0. The molecule has 0 atom stereocenters. The Balaban J connectivity index is 1.82. The average molecular weight is 346 g/mol. The van der Waals surface area contributed by atoms with Crippen molar-refractivity contribution < 1.29 is 8.42 Å². The maximum Gasteiger partial charge on any atom is 0.252 e. The van der Waals surface area contributed by atoms with Crippen molar-refractivity contribution in [3.63, 3.8) is 0 Å². The number of piperidine rings is 1. The van der Waals surface area contributed by atoms with E-state index in [0.717, 1.165) is 10.4 Å². The first-order valence-electron chi connectivity index (χ1n) is 7.51. The summed E-state index contributed by atoms with van der Waals surface area (Å²) in [5, 5.41) is 9.69. The smallest absolute Gasteiger partial charge is 0.206 e. The van der Waals surface area contributed by atoms with Gasteiger partial charge in [-0.25, -0.2) is 8.42 Å². The minimum atomic E-state index is -3.44. The first-order chi connectivity index (χ1) is 11.0. The van der Waals surface area contributed by atoms with Crippen molar-refractivity contribution in [3.05, 3.63) is 52.9 Å². The second kappa shape index (κ2) is 6.08. The number of aryl methyl sites for hydroxylation is 1. The van der Waals surface area contributed by atoms with E-state index in [2.05, 4.69) is 6.07 Å². The highest BCUT2D eigenvalue weighted by atomic mass is 32.2. The summed E-state index contributed by atoms with van der Waals surface area (Å²) in [5.74, 6) is 0. The van der Waals surface area contributed by atoms with Crippen LogP contribution < -0.4 is 0 Å². The zero-order valence-corrected chi connectivity index (χ0v) is 14.5. The molecule has 1 aliphatic heterocycles. The number of sulfonamides is 1. The molecule has 1 aromatic carbocycles. The summed E-state index contributed by atoms with van der Waals surface area (Å²) in [6, 6.07) is 15.6. The fourth-order valence-corrected chi connectivity index (χ4v) is 5.89. The summed E-state index contributed by atoms with van der Waals surface area (Å²) in [6.45, 7) is 2.65. The second-order valence-corrected chi connectivity index (χ2v) is 9.28. The molecule has 0 radical (unpaired) electrons. The molecule has 0 amide bonds. The first kappa shape index (κ1) is 16.2. The number of nitriles is 1. The topological polar surface area (TPSA) is 61.2 Å². The lowest BCUT2D eigenvalue weighted by Crippen LogP contribution is -2.44. The summed E-state index contributed by atoms with van der Waals surface area (Å²) in [7, 11) is -3.44. The van der Waals surface area contributed by atoms with Crippen LogP contribution in [0, 0.1) is 18.3 Å². The van der Waals surface area contributed by atoms with Gasteiger partial charge in [0.25, 0.3) is 10.0 Å². The van der Waals surface area contributed by atoms with Crippen LogP contribution >= 0.6 is 11.3 Å². The van der Waals surface area contributed by atoms with E-state index in [9.17, 15) is 13.7 Å². The van der Waals surface area contributed by atoms with Crippen molar-refractivity contribution in [1.29, 1.82) is 5.26 Å². The lowest BCUT2D eigenvalue weighted by molar-refractivity contribution is 0.277. The van der Waals surface area contributed by atoms with Crippen molar-refractivity contribution in [2.45, 2.75) is 29.4 Å². The highest BCUT2D eigenvalue weighted by Crippen LogP contribution is 2.37. The van der Waals surface area contributed by atoms with E-state index < -0.39 is 15.4 Å². The van der Waals surface area contributed by atoms with Gasteiger partial charge in [-0.1, -0.05) is 30.3 Å². The molecule has 0 spiro atoms. The first-order valence-corrected chi connectivity index (χ1v) is 9.77. The van der Waals surface area contributed by atoms with Crippen LogP contribution in [0.1, 0.15) is 23.3 Å². The fourth-order valence-electron chi connectivity index (χ4n) is 3.01. The van der Waals surface area contributed by atoms with Crippen molar-refractivity contribution in [3.8, 4) is 6.07 Å². The van der Waals surface area contributed by atoms with Crippen LogP contribution in [0.2, 0.25) is 0 Å². The van der Waals surface area contributed by atoms with Gasteiger partial charge in [0.1, 0.15) is 4.21 Å². The van der Waals surface area contributed by atoms with Gasteiger partial charge in [-0.15, -0.1) is 11.3 Å². The lowest BCUT2D eigenvalue weighted by Gasteiger charge is -2.36.